The molecule has 1 aromatic carbocycles. The van der Waals surface area contributed by atoms with Gasteiger partial charge in [0.2, 0.25) is 5.88 Å². The van der Waals surface area contributed by atoms with Crippen LogP contribution < -0.4 is 10.3 Å². The number of nitrogens with zero attached hydrogens (tertiary/aromatic N) is 2. The summed E-state index contributed by atoms with van der Waals surface area (Å²) in [6.07, 6.45) is 1.61. The van der Waals surface area contributed by atoms with Crippen molar-refractivity contribution in [3.63, 3.8) is 0 Å². The Morgan fingerprint density at radius 1 is 1.20 bits per heavy atom. The summed E-state index contributed by atoms with van der Waals surface area (Å²) in [5.74, 6) is 0.383. The van der Waals surface area contributed by atoms with Gasteiger partial charge in [-0.15, -0.1) is 0 Å². The zero-order chi connectivity index (χ0) is 17.8. The number of aromatic nitrogens is 3. The number of aromatic amines is 1. The molecule has 7 heteroatoms. The van der Waals surface area contributed by atoms with Crippen molar-refractivity contribution in [2.75, 3.05) is 13.7 Å². The molecule has 0 aliphatic carbocycles. The summed E-state index contributed by atoms with van der Waals surface area (Å²) >= 11 is 0. The average Bonchev–Trinajstić information content (AvgIpc) is 2.62. The molecule has 0 aliphatic rings. The minimum absolute atomic E-state index is 0.0663. The lowest BCUT2D eigenvalue weighted by molar-refractivity contribution is -0.142. The van der Waals surface area contributed by atoms with E-state index in [1.165, 1.54) is 0 Å². The van der Waals surface area contributed by atoms with Gasteiger partial charge in [-0.2, -0.15) is 4.98 Å². The van der Waals surface area contributed by atoms with E-state index < -0.39 is 11.5 Å². The summed E-state index contributed by atoms with van der Waals surface area (Å²) in [5, 5.41) is 0.445. The second-order valence-electron chi connectivity index (χ2n) is 5.32. The SMILES string of the molecule is CCOC(=O)Cc1nc(=O)c2cc(-c3ccc(OC)nc3)ccc2[nH]1. The Bertz CT molecular complexity index is 964. The van der Waals surface area contributed by atoms with E-state index in [1.807, 2.05) is 12.1 Å². The Labute approximate surface area is 143 Å². The molecule has 0 unspecified atom stereocenters. The number of pyridine rings is 1. The predicted molar refractivity (Wildman–Crippen MR) is 92.5 cm³/mol. The third kappa shape index (κ3) is 3.65. The molecule has 3 aromatic rings. The number of carbonyl (C=O) groups is 1. The maximum Gasteiger partial charge on any atom is 0.313 e. The standard InChI is InChI=1S/C18H17N3O4/c1-3-25-17(22)9-15-20-14-6-4-11(8-13(14)18(23)21-15)12-5-7-16(24-2)19-10-12/h4-8,10H,3,9H2,1-2H3,(H,20,21,23). The molecule has 0 saturated carbocycles. The fourth-order valence-electron chi connectivity index (χ4n) is 2.48. The van der Waals surface area contributed by atoms with Gasteiger partial charge in [-0.1, -0.05) is 6.07 Å². The first-order chi connectivity index (χ1) is 12.1. The molecule has 0 fully saturated rings. The number of rotatable bonds is 5. The van der Waals surface area contributed by atoms with Crippen molar-refractivity contribution in [1.82, 2.24) is 15.0 Å². The fourth-order valence-corrected chi connectivity index (χ4v) is 2.48. The van der Waals surface area contributed by atoms with Gasteiger partial charge in [0, 0.05) is 17.8 Å². The third-order valence-electron chi connectivity index (χ3n) is 3.66. The van der Waals surface area contributed by atoms with Crippen molar-refractivity contribution in [2.24, 2.45) is 0 Å². The van der Waals surface area contributed by atoms with Crippen LogP contribution in [0.25, 0.3) is 22.0 Å². The number of benzene rings is 1. The summed E-state index contributed by atoms with van der Waals surface area (Å²) in [6.45, 7) is 2.01. The Hall–Kier alpha value is -3.22. The minimum atomic E-state index is -0.425. The molecule has 0 amide bonds. The van der Waals surface area contributed by atoms with Crippen molar-refractivity contribution in [1.29, 1.82) is 0 Å². The molecule has 1 N–H and O–H groups in total. The van der Waals surface area contributed by atoms with Crippen LogP contribution in [0.5, 0.6) is 5.88 Å². The summed E-state index contributed by atoms with van der Waals surface area (Å²) in [6, 6.07) is 9.02. The second kappa shape index (κ2) is 7.12. The largest absolute Gasteiger partial charge is 0.481 e. The van der Waals surface area contributed by atoms with Gasteiger partial charge in [-0.05, 0) is 30.7 Å². The topological polar surface area (TPSA) is 94.2 Å². The number of methoxy groups -OCH3 is 1. The van der Waals surface area contributed by atoms with Gasteiger partial charge in [0.1, 0.15) is 12.2 Å². The molecule has 0 radical (unpaired) electrons. The normalized spacial score (nSPS) is 10.6. The highest BCUT2D eigenvalue weighted by Gasteiger charge is 2.10. The van der Waals surface area contributed by atoms with Crippen molar-refractivity contribution >= 4 is 16.9 Å². The van der Waals surface area contributed by atoms with Gasteiger partial charge in [0.25, 0.3) is 5.56 Å². The van der Waals surface area contributed by atoms with Crippen molar-refractivity contribution in [2.45, 2.75) is 13.3 Å². The Kier molecular flexibility index (Phi) is 4.74. The highest BCUT2D eigenvalue weighted by molar-refractivity contribution is 5.84. The summed E-state index contributed by atoms with van der Waals surface area (Å²) in [4.78, 5) is 35.0. The van der Waals surface area contributed by atoms with E-state index >= 15 is 0 Å². The second-order valence-corrected chi connectivity index (χ2v) is 5.32. The van der Waals surface area contributed by atoms with E-state index in [-0.39, 0.29) is 18.9 Å². The molecule has 128 valence electrons. The number of esters is 1. The number of ether oxygens (including phenoxy) is 2. The van der Waals surface area contributed by atoms with E-state index in [0.29, 0.717) is 16.8 Å². The van der Waals surface area contributed by atoms with Crippen LogP contribution in [0.2, 0.25) is 0 Å². The predicted octanol–water partition coefficient (Wildman–Crippen LogP) is 2.10. The molecular weight excluding hydrogens is 322 g/mol. The summed E-state index contributed by atoms with van der Waals surface area (Å²) in [5.41, 5.74) is 1.92. The number of hydrogen-bond donors (Lipinski definition) is 1. The number of carbonyl (C=O) groups excluding carboxylic acids is 1. The molecule has 2 aromatic heterocycles. The average molecular weight is 339 g/mol. The lowest BCUT2D eigenvalue weighted by Gasteiger charge is -2.06. The van der Waals surface area contributed by atoms with Gasteiger partial charge in [0.05, 0.1) is 24.6 Å². The number of H-pyrrole nitrogens is 1. The van der Waals surface area contributed by atoms with Crippen LogP contribution in [0.4, 0.5) is 0 Å². The molecule has 0 atom stereocenters. The van der Waals surface area contributed by atoms with Crippen LogP contribution in [0.1, 0.15) is 12.7 Å². The first-order valence-corrected chi connectivity index (χ1v) is 7.79. The van der Waals surface area contributed by atoms with Crippen LogP contribution in [-0.4, -0.2) is 34.6 Å². The van der Waals surface area contributed by atoms with Crippen LogP contribution >= 0.6 is 0 Å². The van der Waals surface area contributed by atoms with Crippen LogP contribution in [0, 0.1) is 0 Å². The lowest BCUT2D eigenvalue weighted by Crippen LogP contribution is -2.16. The van der Waals surface area contributed by atoms with Crippen LogP contribution in [0.15, 0.2) is 41.3 Å². The molecule has 3 rings (SSSR count). The monoisotopic (exact) mass is 339 g/mol. The lowest BCUT2D eigenvalue weighted by atomic mass is 10.1. The first-order valence-electron chi connectivity index (χ1n) is 7.79. The highest BCUT2D eigenvalue weighted by Crippen LogP contribution is 2.23. The maximum absolute atomic E-state index is 12.3. The maximum atomic E-state index is 12.3. The van der Waals surface area contributed by atoms with Gasteiger partial charge in [0.15, 0.2) is 0 Å². The van der Waals surface area contributed by atoms with Crippen LogP contribution in [-0.2, 0) is 16.0 Å². The van der Waals surface area contributed by atoms with Gasteiger partial charge in [-0.3, -0.25) is 9.59 Å². The molecule has 0 spiro atoms. The Morgan fingerprint density at radius 2 is 2.00 bits per heavy atom. The number of hydrogen-bond acceptors (Lipinski definition) is 6. The van der Waals surface area contributed by atoms with Crippen molar-refractivity contribution in [3.8, 4) is 17.0 Å². The quantitative estimate of drug-likeness (QED) is 0.715. The van der Waals surface area contributed by atoms with Crippen molar-refractivity contribution in [3.05, 3.63) is 52.7 Å². The third-order valence-corrected chi connectivity index (χ3v) is 3.66. The smallest absolute Gasteiger partial charge is 0.313 e. The van der Waals surface area contributed by atoms with E-state index in [0.717, 1.165) is 11.1 Å². The molecule has 7 nitrogen and oxygen atoms in total. The highest BCUT2D eigenvalue weighted by atomic mass is 16.5. The minimum Gasteiger partial charge on any atom is -0.481 e. The van der Waals surface area contributed by atoms with Crippen LogP contribution in [0.3, 0.4) is 0 Å². The zero-order valence-electron chi connectivity index (χ0n) is 13.9. The van der Waals surface area contributed by atoms with E-state index in [4.69, 9.17) is 9.47 Å². The molecule has 2 heterocycles. The molecule has 0 saturated heterocycles. The number of nitrogens with one attached hydrogen (secondary N) is 1. The molecule has 0 aliphatic heterocycles. The Morgan fingerprint density at radius 3 is 2.68 bits per heavy atom. The fraction of sp³-hybridized carbons (Fsp3) is 0.222. The molecular formula is C18H17N3O4. The van der Waals surface area contributed by atoms with Gasteiger partial charge in [-0.25, -0.2) is 4.98 Å². The molecule has 0 bridgehead atoms. The Balaban J connectivity index is 1.96. The molecule has 25 heavy (non-hydrogen) atoms. The van der Waals surface area contributed by atoms with Gasteiger partial charge >= 0.3 is 5.97 Å². The summed E-state index contributed by atoms with van der Waals surface area (Å²) in [7, 11) is 1.55. The van der Waals surface area contributed by atoms with Crippen molar-refractivity contribution < 1.29 is 14.3 Å². The summed E-state index contributed by atoms with van der Waals surface area (Å²) < 4.78 is 9.92. The number of fused-ring (bicyclic) bond motifs is 1. The first kappa shape index (κ1) is 16.6. The zero-order valence-corrected chi connectivity index (χ0v) is 13.9. The van der Waals surface area contributed by atoms with E-state index in [9.17, 15) is 9.59 Å². The van der Waals surface area contributed by atoms with Gasteiger partial charge < -0.3 is 14.5 Å². The van der Waals surface area contributed by atoms with E-state index in [2.05, 4.69) is 15.0 Å². The van der Waals surface area contributed by atoms with E-state index in [1.54, 1.807) is 38.4 Å².